The van der Waals surface area contributed by atoms with Crippen molar-refractivity contribution in [2.45, 2.75) is 17.7 Å². The molecule has 3 aromatic carbocycles. The Labute approximate surface area is 186 Å². The summed E-state index contributed by atoms with van der Waals surface area (Å²) in [5, 5.41) is -0.431. The number of nitrogens with one attached hydrogen (secondary N) is 1. The summed E-state index contributed by atoms with van der Waals surface area (Å²) in [7, 11) is -4.34. The van der Waals surface area contributed by atoms with Gasteiger partial charge >= 0.3 is 6.18 Å². The van der Waals surface area contributed by atoms with E-state index in [0.29, 0.717) is 23.3 Å². The first-order chi connectivity index (χ1) is 15.6. The van der Waals surface area contributed by atoms with Crippen LogP contribution in [0.5, 0.6) is 0 Å². The van der Waals surface area contributed by atoms with Gasteiger partial charge in [0.1, 0.15) is 5.82 Å². The first kappa shape index (κ1) is 22.7. The van der Waals surface area contributed by atoms with Crippen molar-refractivity contribution in [3.8, 4) is 22.8 Å². The van der Waals surface area contributed by atoms with Crippen molar-refractivity contribution in [3.05, 3.63) is 95.8 Å². The fourth-order valence-corrected chi connectivity index (χ4v) is 4.23. The van der Waals surface area contributed by atoms with Crippen molar-refractivity contribution in [1.29, 1.82) is 0 Å². The molecule has 0 atom stereocenters. The molecule has 0 aliphatic heterocycles. The van der Waals surface area contributed by atoms with Crippen LogP contribution in [0.15, 0.2) is 88.3 Å². The average Bonchev–Trinajstić information content (AvgIpc) is 3.25. The predicted octanol–water partition coefficient (Wildman–Crippen LogP) is 5.65. The molecule has 0 radical (unpaired) electrons. The number of alkyl halides is 3. The van der Waals surface area contributed by atoms with Gasteiger partial charge in [0.05, 0.1) is 5.56 Å². The van der Waals surface area contributed by atoms with Crippen molar-refractivity contribution in [2.24, 2.45) is 0 Å². The molecule has 0 saturated heterocycles. The average molecular weight is 476 g/mol. The molecule has 4 aromatic rings. The molecule has 10 heteroatoms. The third-order valence-electron chi connectivity index (χ3n) is 4.66. The highest BCUT2D eigenvalue weighted by Crippen LogP contribution is 2.33. The third kappa shape index (κ3) is 5.12. The minimum Gasteiger partial charge on any atom is -0.435 e. The van der Waals surface area contributed by atoms with Gasteiger partial charge in [0.2, 0.25) is 10.9 Å². The van der Waals surface area contributed by atoms with Crippen LogP contribution < -0.4 is 4.72 Å². The molecule has 4 rings (SSSR count). The molecule has 33 heavy (non-hydrogen) atoms. The highest BCUT2D eigenvalue weighted by atomic mass is 32.2. The quantitative estimate of drug-likeness (QED) is 0.366. The largest absolute Gasteiger partial charge is 0.435 e. The minimum absolute atomic E-state index is 0.0304. The maximum atomic E-state index is 13.7. The summed E-state index contributed by atoms with van der Waals surface area (Å²) in [6.07, 6.45) is -4.77. The smallest absolute Gasteiger partial charge is 0.416 e. The summed E-state index contributed by atoms with van der Waals surface area (Å²) >= 11 is 0. The molecular weight excluding hydrogens is 460 g/mol. The number of nitrogens with zero attached hydrogens (tertiary/aromatic N) is 1. The van der Waals surface area contributed by atoms with Crippen molar-refractivity contribution in [2.75, 3.05) is 0 Å². The molecule has 170 valence electrons. The fraction of sp³-hybridized carbons (Fsp3) is 0.0870. The van der Waals surface area contributed by atoms with Crippen LogP contribution in [0, 0.1) is 5.82 Å². The standard InChI is InChI=1S/C23H16F4N2O3S/c24-19-12-15(11-18(13-19)23(25,26)27)14-28-33(30,31)22-20(16-7-3-1-4-8-16)32-21(29-22)17-9-5-2-6-10-17/h1-13,28H,14H2. The first-order valence-electron chi connectivity index (χ1n) is 9.61. The van der Waals surface area contributed by atoms with Crippen LogP contribution in [0.1, 0.15) is 11.1 Å². The Morgan fingerprint density at radius 2 is 1.48 bits per heavy atom. The maximum absolute atomic E-state index is 13.7. The van der Waals surface area contributed by atoms with E-state index in [1.807, 2.05) is 0 Å². The molecular formula is C23H16F4N2O3S. The third-order valence-corrected chi connectivity index (χ3v) is 5.97. The number of halogens is 4. The second-order valence-electron chi connectivity index (χ2n) is 7.06. The van der Waals surface area contributed by atoms with Gasteiger partial charge in [-0.15, -0.1) is 0 Å². The van der Waals surface area contributed by atoms with E-state index in [9.17, 15) is 26.0 Å². The molecule has 1 aromatic heterocycles. The Hall–Kier alpha value is -3.50. The Morgan fingerprint density at radius 3 is 2.09 bits per heavy atom. The molecule has 0 fully saturated rings. The highest BCUT2D eigenvalue weighted by Gasteiger charge is 2.32. The van der Waals surface area contributed by atoms with E-state index in [4.69, 9.17) is 4.42 Å². The van der Waals surface area contributed by atoms with Crippen molar-refractivity contribution in [1.82, 2.24) is 9.71 Å². The van der Waals surface area contributed by atoms with Gasteiger partial charge < -0.3 is 4.42 Å². The van der Waals surface area contributed by atoms with Crippen LogP contribution in [0.3, 0.4) is 0 Å². The monoisotopic (exact) mass is 476 g/mol. The van der Waals surface area contributed by atoms with E-state index in [-0.39, 0.29) is 17.2 Å². The summed E-state index contributed by atoms with van der Waals surface area (Å²) in [6, 6.07) is 18.9. The Kier molecular flexibility index (Phi) is 6.05. The molecule has 1 N–H and O–H groups in total. The summed E-state index contributed by atoms with van der Waals surface area (Å²) in [4.78, 5) is 4.14. The zero-order valence-electron chi connectivity index (χ0n) is 16.8. The topological polar surface area (TPSA) is 72.2 Å². The van der Waals surface area contributed by atoms with Crippen LogP contribution >= 0.6 is 0 Å². The molecule has 1 heterocycles. The summed E-state index contributed by atoms with van der Waals surface area (Å²) in [5.74, 6) is -1.10. The molecule has 0 spiro atoms. The number of aromatic nitrogens is 1. The normalized spacial score (nSPS) is 12.1. The lowest BCUT2D eigenvalue weighted by Gasteiger charge is -2.10. The van der Waals surface area contributed by atoms with Crippen LogP contribution in [-0.4, -0.2) is 13.4 Å². The SMILES string of the molecule is O=S(=O)(NCc1cc(F)cc(C(F)(F)F)c1)c1nc(-c2ccccc2)oc1-c1ccccc1. The van der Waals surface area contributed by atoms with Crippen LogP contribution in [0.2, 0.25) is 0 Å². The van der Waals surface area contributed by atoms with Gasteiger partial charge in [-0.3, -0.25) is 0 Å². The Morgan fingerprint density at radius 1 is 0.879 bits per heavy atom. The highest BCUT2D eigenvalue weighted by molar-refractivity contribution is 7.89. The van der Waals surface area contributed by atoms with Crippen LogP contribution in [0.25, 0.3) is 22.8 Å². The van der Waals surface area contributed by atoms with E-state index in [1.165, 1.54) is 0 Å². The number of sulfonamides is 1. The van der Waals surface area contributed by atoms with Crippen molar-refractivity contribution < 1.29 is 30.4 Å². The van der Waals surface area contributed by atoms with E-state index in [2.05, 4.69) is 9.71 Å². The van der Waals surface area contributed by atoms with Gasteiger partial charge in [-0.2, -0.15) is 18.2 Å². The molecule has 0 bridgehead atoms. The van der Waals surface area contributed by atoms with E-state index < -0.39 is 39.2 Å². The van der Waals surface area contributed by atoms with Gasteiger partial charge in [-0.1, -0.05) is 48.5 Å². The van der Waals surface area contributed by atoms with Gasteiger partial charge in [-0.05, 0) is 35.9 Å². The number of benzene rings is 3. The number of oxazole rings is 1. The Balaban J connectivity index is 1.70. The van der Waals surface area contributed by atoms with Gasteiger partial charge in [0, 0.05) is 17.7 Å². The maximum Gasteiger partial charge on any atom is 0.416 e. The van der Waals surface area contributed by atoms with Gasteiger partial charge in [0.15, 0.2) is 5.76 Å². The van der Waals surface area contributed by atoms with Gasteiger partial charge in [-0.25, -0.2) is 17.5 Å². The molecule has 0 aliphatic rings. The van der Waals surface area contributed by atoms with Crippen LogP contribution in [-0.2, 0) is 22.7 Å². The van der Waals surface area contributed by atoms with Crippen molar-refractivity contribution >= 4 is 10.0 Å². The molecule has 0 saturated carbocycles. The van der Waals surface area contributed by atoms with Crippen LogP contribution in [0.4, 0.5) is 17.6 Å². The molecule has 0 unspecified atom stereocenters. The zero-order valence-corrected chi connectivity index (χ0v) is 17.6. The number of rotatable bonds is 6. The predicted molar refractivity (Wildman–Crippen MR) is 113 cm³/mol. The summed E-state index contributed by atoms with van der Waals surface area (Å²) < 4.78 is 86.6. The summed E-state index contributed by atoms with van der Waals surface area (Å²) in [6.45, 7) is -0.578. The molecule has 0 amide bonds. The molecule has 5 nitrogen and oxygen atoms in total. The lowest BCUT2D eigenvalue weighted by Crippen LogP contribution is -2.24. The fourth-order valence-electron chi connectivity index (χ4n) is 3.13. The van der Waals surface area contributed by atoms with Gasteiger partial charge in [0.25, 0.3) is 10.0 Å². The van der Waals surface area contributed by atoms with E-state index in [1.54, 1.807) is 60.7 Å². The lowest BCUT2D eigenvalue weighted by atomic mass is 10.1. The van der Waals surface area contributed by atoms with E-state index in [0.717, 1.165) is 6.07 Å². The van der Waals surface area contributed by atoms with E-state index >= 15 is 0 Å². The Bertz CT molecular complexity index is 1370. The number of hydrogen-bond donors (Lipinski definition) is 1. The number of hydrogen-bond acceptors (Lipinski definition) is 4. The minimum atomic E-state index is -4.77. The lowest BCUT2D eigenvalue weighted by molar-refractivity contribution is -0.137. The second-order valence-corrected chi connectivity index (χ2v) is 8.74. The second kappa shape index (κ2) is 8.80. The summed E-state index contributed by atoms with van der Waals surface area (Å²) in [5.41, 5.74) is -0.429. The van der Waals surface area contributed by atoms with Crippen molar-refractivity contribution in [3.63, 3.8) is 0 Å². The zero-order chi connectivity index (χ0) is 23.6. The first-order valence-corrected chi connectivity index (χ1v) is 11.1. The molecule has 0 aliphatic carbocycles.